The zero-order chi connectivity index (χ0) is 9.90. The smallest absolute Gasteiger partial charge is 0.00767 e. The second kappa shape index (κ2) is 69.8. The minimum absolute atomic E-state index is 0. The Labute approximate surface area is 285 Å². The van der Waals surface area contributed by atoms with Gasteiger partial charge in [0, 0.05) is 26.2 Å². The van der Waals surface area contributed by atoms with Gasteiger partial charge in [-0.25, -0.2) is 0 Å². The van der Waals surface area contributed by atoms with Crippen molar-refractivity contribution in [1.82, 2.24) is 21.3 Å². The third-order valence-electron chi connectivity index (χ3n) is 2.37. The molecular weight excluding hydrogens is 1130 g/mol. The van der Waals surface area contributed by atoms with Crippen LogP contribution < -0.4 is 21.3 Å². The molecule has 180 valence electrons. The van der Waals surface area contributed by atoms with Gasteiger partial charge in [0.05, 0.1) is 0 Å². The van der Waals surface area contributed by atoms with Crippen molar-refractivity contribution in [3.05, 3.63) is 0 Å². The van der Waals surface area contributed by atoms with Crippen molar-refractivity contribution in [2.24, 2.45) is 0 Å². The second-order valence-corrected chi connectivity index (χ2v) is 3.71. The second-order valence-electron chi connectivity index (χ2n) is 3.71. The van der Waals surface area contributed by atoms with Crippen LogP contribution in [0.1, 0.15) is 12.8 Å². The molecule has 0 atom stereocenters. The van der Waals surface area contributed by atoms with Crippen molar-refractivity contribution in [1.29, 1.82) is 0 Å². The van der Waals surface area contributed by atoms with E-state index < -0.39 is 0 Å². The zero-order valence-electron chi connectivity index (χ0n) is 14.0. The average molecular weight is 1170 g/mol. The molecule has 0 aromatic heterocycles. The Morgan fingerprint density at radius 2 is 0.385 bits per heavy atom. The molecule has 0 unspecified atom stereocenters. The van der Waals surface area contributed by atoms with Crippen LogP contribution in [0.5, 0.6) is 0 Å². The standard InChI is InChI=1S/C10H24N4.12BrH/c1-3-11-7-9-13-5-2-6-14-10-8-12-4-1;;;;;;;;;;;;/h11-14H,1-10H2;12*1H. The van der Waals surface area contributed by atoms with E-state index in [1.807, 2.05) is 0 Å². The first-order chi connectivity index (χ1) is 7.00. The molecule has 1 heterocycles. The Balaban J connectivity index is -0.0000000163. The van der Waals surface area contributed by atoms with E-state index in [2.05, 4.69) is 21.3 Å². The Morgan fingerprint density at radius 3 is 0.538 bits per heavy atom. The van der Waals surface area contributed by atoms with Crippen LogP contribution in [0.3, 0.4) is 0 Å². The zero-order valence-corrected chi connectivity index (χ0v) is 34.5. The van der Waals surface area contributed by atoms with Crippen LogP contribution in [-0.2, 0) is 0 Å². The predicted molar refractivity (Wildman–Crippen MR) is 185 cm³/mol. The highest BCUT2D eigenvalue weighted by atomic mass is 79.9. The molecule has 1 aliphatic rings. The molecule has 1 aliphatic heterocycles. The highest BCUT2D eigenvalue weighted by Gasteiger charge is 1.93. The topological polar surface area (TPSA) is 48.1 Å². The first kappa shape index (κ1) is 77.0. The number of rotatable bonds is 0. The molecule has 1 fully saturated rings. The fourth-order valence-electron chi connectivity index (χ4n) is 1.53. The van der Waals surface area contributed by atoms with Gasteiger partial charge in [-0.15, -0.1) is 204 Å². The van der Waals surface area contributed by atoms with Crippen molar-refractivity contribution < 1.29 is 0 Å². The summed E-state index contributed by atoms with van der Waals surface area (Å²) in [5.74, 6) is 0. The molecule has 16 heteroatoms. The molecule has 1 rings (SSSR count). The molecule has 4 nitrogen and oxygen atoms in total. The largest absolute Gasteiger partial charge is 0.315 e. The van der Waals surface area contributed by atoms with Gasteiger partial charge in [0.25, 0.3) is 0 Å². The SMILES string of the molecule is Br.Br.Br.Br.Br.Br.Br.Br.Br.Br.Br.Br.C1CNCCNCCCNCCNC1. The monoisotopic (exact) mass is 1160 g/mol. The first-order valence-corrected chi connectivity index (χ1v) is 5.83. The van der Waals surface area contributed by atoms with Crippen molar-refractivity contribution in [2.45, 2.75) is 12.8 Å². The molecule has 0 spiro atoms. The van der Waals surface area contributed by atoms with Gasteiger partial charge in [0.15, 0.2) is 0 Å². The lowest BCUT2D eigenvalue weighted by molar-refractivity contribution is 0.530. The fourth-order valence-corrected chi connectivity index (χ4v) is 1.53. The van der Waals surface area contributed by atoms with Gasteiger partial charge in [0.2, 0.25) is 0 Å². The lowest BCUT2D eigenvalue weighted by atomic mass is 10.3. The summed E-state index contributed by atoms with van der Waals surface area (Å²) in [7, 11) is 0. The third kappa shape index (κ3) is 63.0. The molecular formula is C10H36Br12N4. The maximum Gasteiger partial charge on any atom is 0.00767 e. The van der Waals surface area contributed by atoms with E-state index in [4.69, 9.17) is 0 Å². The van der Waals surface area contributed by atoms with E-state index in [0.29, 0.717) is 0 Å². The number of nitrogens with one attached hydrogen (secondary N) is 4. The van der Waals surface area contributed by atoms with Crippen LogP contribution in [-0.4, -0.2) is 52.4 Å². The van der Waals surface area contributed by atoms with E-state index >= 15 is 0 Å². The summed E-state index contributed by atoms with van der Waals surface area (Å²) in [6.45, 7) is 8.87. The molecule has 26 heavy (non-hydrogen) atoms. The lowest BCUT2D eigenvalue weighted by Gasteiger charge is -2.10. The summed E-state index contributed by atoms with van der Waals surface area (Å²) in [4.78, 5) is 0. The van der Waals surface area contributed by atoms with E-state index in [-0.39, 0.29) is 204 Å². The molecule has 0 aliphatic carbocycles. The number of halogens is 12. The fraction of sp³-hybridized carbons (Fsp3) is 1.00. The molecule has 0 aromatic rings. The summed E-state index contributed by atoms with van der Waals surface area (Å²) in [6.07, 6.45) is 2.44. The van der Waals surface area contributed by atoms with Gasteiger partial charge in [-0.05, 0) is 39.0 Å². The third-order valence-corrected chi connectivity index (χ3v) is 2.37. The average Bonchev–Trinajstić information content (AvgIpc) is 2.22. The van der Waals surface area contributed by atoms with Crippen LogP contribution in [0.25, 0.3) is 0 Å². The minimum Gasteiger partial charge on any atom is -0.315 e. The predicted octanol–water partition coefficient (Wildman–Crippen LogP) is 6.07. The summed E-state index contributed by atoms with van der Waals surface area (Å²) < 4.78 is 0. The molecule has 0 saturated carbocycles. The van der Waals surface area contributed by atoms with Crippen LogP contribution in [0.15, 0.2) is 0 Å². The van der Waals surface area contributed by atoms with Gasteiger partial charge in [-0.3, -0.25) is 0 Å². The highest BCUT2D eigenvalue weighted by molar-refractivity contribution is 8.94. The van der Waals surface area contributed by atoms with E-state index in [1.165, 1.54) is 12.8 Å². The number of hydrogen-bond donors (Lipinski definition) is 4. The van der Waals surface area contributed by atoms with Crippen LogP contribution in [0.2, 0.25) is 0 Å². The Morgan fingerprint density at radius 1 is 0.231 bits per heavy atom. The summed E-state index contributed by atoms with van der Waals surface area (Å²) in [5.41, 5.74) is 0. The highest BCUT2D eigenvalue weighted by Crippen LogP contribution is 1.76. The quantitative estimate of drug-likeness (QED) is 0.238. The van der Waals surface area contributed by atoms with E-state index in [9.17, 15) is 0 Å². The maximum atomic E-state index is 3.42. The molecule has 0 radical (unpaired) electrons. The molecule has 0 amide bonds. The van der Waals surface area contributed by atoms with Crippen molar-refractivity contribution in [3.8, 4) is 0 Å². The lowest BCUT2D eigenvalue weighted by Crippen LogP contribution is -2.34. The molecule has 0 bridgehead atoms. The normalized spacial score (nSPS) is 12.9. The Bertz CT molecular complexity index is 91.3. The van der Waals surface area contributed by atoms with Gasteiger partial charge in [-0.1, -0.05) is 0 Å². The van der Waals surface area contributed by atoms with Crippen LogP contribution in [0, 0.1) is 0 Å². The van der Waals surface area contributed by atoms with Gasteiger partial charge >= 0.3 is 0 Å². The van der Waals surface area contributed by atoms with Gasteiger partial charge in [0.1, 0.15) is 0 Å². The molecule has 4 N–H and O–H groups in total. The molecule has 1 saturated heterocycles. The van der Waals surface area contributed by atoms with Crippen molar-refractivity contribution in [2.75, 3.05) is 52.4 Å². The van der Waals surface area contributed by atoms with Crippen LogP contribution >= 0.6 is 204 Å². The van der Waals surface area contributed by atoms with Gasteiger partial charge < -0.3 is 21.3 Å². The summed E-state index contributed by atoms with van der Waals surface area (Å²) >= 11 is 0. The summed E-state index contributed by atoms with van der Waals surface area (Å²) in [6, 6.07) is 0. The van der Waals surface area contributed by atoms with Crippen LogP contribution in [0.4, 0.5) is 0 Å². The maximum absolute atomic E-state index is 3.42. The van der Waals surface area contributed by atoms with Gasteiger partial charge in [-0.2, -0.15) is 0 Å². The minimum atomic E-state index is 0. The van der Waals surface area contributed by atoms with Crippen molar-refractivity contribution in [3.63, 3.8) is 0 Å². The molecule has 0 aromatic carbocycles. The van der Waals surface area contributed by atoms with E-state index in [0.717, 1.165) is 52.4 Å². The number of hydrogen-bond acceptors (Lipinski definition) is 4. The Hall–Kier alpha value is 5.60. The Kier molecular flexibility index (Phi) is 207. The summed E-state index contributed by atoms with van der Waals surface area (Å²) in [5, 5.41) is 13.7. The van der Waals surface area contributed by atoms with Crippen molar-refractivity contribution >= 4 is 204 Å². The first-order valence-electron chi connectivity index (χ1n) is 5.83. The van der Waals surface area contributed by atoms with E-state index in [1.54, 1.807) is 0 Å².